The van der Waals surface area contributed by atoms with E-state index in [4.69, 9.17) is 10.5 Å². The first-order valence-electron chi connectivity index (χ1n) is 7.84. The normalized spacial score (nSPS) is 22.2. The minimum Gasteiger partial charge on any atom is -0.399 e. The van der Waals surface area contributed by atoms with Gasteiger partial charge in [0.25, 0.3) is 0 Å². The van der Waals surface area contributed by atoms with Crippen LogP contribution in [0.25, 0.3) is 0 Å². The summed E-state index contributed by atoms with van der Waals surface area (Å²) in [6.45, 7) is 2.25. The first-order valence-corrected chi connectivity index (χ1v) is 7.84. The van der Waals surface area contributed by atoms with E-state index >= 15 is 0 Å². The molecule has 0 aromatic heterocycles. The van der Waals surface area contributed by atoms with Crippen molar-refractivity contribution in [3.8, 4) is 0 Å². The number of hydrazine groups is 1. The Hall–Kier alpha value is -2.08. The van der Waals surface area contributed by atoms with Crippen LogP contribution in [0.3, 0.4) is 0 Å². The maximum absolute atomic E-state index is 6.26. The van der Waals surface area contributed by atoms with Gasteiger partial charge in [-0.05, 0) is 24.3 Å². The van der Waals surface area contributed by atoms with E-state index in [-0.39, 0.29) is 0 Å². The summed E-state index contributed by atoms with van der Waals surface area (Å²) >= 11 is 0. The number of benzene rings is 2. The summed E-state index contributed by atoms with van der Waals surface area (Å²) in [5.74, 6) is 0. The number of hydrogen-bond donors (Lipinski definition) is 2. The molecule has 0 bridgehead atoms. The van der Waals surface area contributed by atoms with Gasteiger partial charge in [-0.2, -0.15) is 0 Å². The Balaban J connectivity index is 1.96. The molecule has 2 aromatic carbocycles. The number of nitrogens with one attached hydrogen (secondary N) is 1. The van der Waals surface area contributed by atoms with Crippen LogP contribution in [0.15, 0.2) is 54.6 Å². The van der Waals surface area contributed by atoms with E-state index in [1.807, 2.05) is 42.5 Å². The molecule has 1 heterocycles. The summed E-state index contributed by atoms with van der Waals surface area (Å²) in [4.78, 5) is 0. The zero-order valence-corrected chi connectivity index (χ0v) is 13.7. The van der Waals surface area contributed by atoms with Crippen LogP contribution in [-0.2, 0) is 10.5 Å². The number of para-hydroxylation sites is 1. The maximum atomic E-state index is 6.26. The topological polar surface area (TPSA) is 53.8 Å². The third kappa shape index (κ3) is 3.47. The molecule has 0 radical (unpaired) electrons. The summed E-state index contributed by atoms with van der Waals surface area (Å²) in [6.07, 6.45) is 0. The number of ether oxygens (including phenoxy) is 1. The van der Waals surface area contributed by atoms with Gasteiger partial charge in [0, 0.05) is 37.6 Å². The van der Waals surface area contributed by atoms with Gasteiger partial charge < -0.3 is 15.8 Å². The van der Waals surface area contributed by atoms with Crippen molar-refractivity contribution in [2.75, 3.05) is 44.8 Å². The molecule has 5 nitrogen and oxygen atoms in total. The van der Waals surface area contributed by atoms with Gasteiger partial charge in [-0.15, -0.1) is 0 Å². The van der Waals surface area contributed by atoms with Gasteiger partial charge in [0.1, 0.15) is 0 Å². The maximum Gasteiger partial charge on any atom is 0.179 e. The number of hydrogen-bond acceptors (Lipinski definition) is 5. The van der Waals surface area contributed by atoms with Crippen molar-refractivity contribution < 1.29 is 4.74 Å². The summed E-state index contributed by atoms with van der Waals surface area (Å²) in [5.41, 5.74) is 8.11. The van der Waals surface area contributed by atoms with Crippen LogP contribution in [0.4, 0.5) is 11.4 Å². The molecule has 0 aliphatic carbocycles. The lowest BCUT2D eigenvalue weighted by atomic mass is 10.00. The molecule has 0 spiro atoms. The Bertz CT molecular complexity index is 629. The lowest BCUT2D eigenvalue weighted by Crippen LogP contribution is -2.57. The first-order chi connectivity index (χ1) is 11.1. The molecule has 0 amide bonds. The molecule has 0 saturated carbocycles. The summed E-state index contributed by atoms with van der Waals surface area (Å²) in [7, 11) is 4.11. The van der Waals surface area contributed by atoms with Crippen LogP contribution in [-0.4, -0.2) is 43.8 Å². The van der Waals surface area contributed by atoms with Crippen LogP contribution < -0.4 is 11.1 Å². The Morgan fingerprint density at radius 2 is 1.78 bits per heavy atom. The highest BCUT2D eigenvalue weighted by Gasteiger charge is 2.39. The second-order valence-corrected chi connectivity index (χ2v) is 6.02. The number of anilines is 2. The van der Waals surface area contributed by atoms with Crippen molar-refractivity contribution in [3.63, 3.8) is 0 Å². The molecule has 1 saturated heterocycles. The lowest BCUT2D eigenvalue weighted by molar-refractivity contribution is -0.150. The molecule has 2 aromatic rings. The van der Waals surface area contributed by atoms with Gasteiger partial charge in [-0.1, -0.05) is 30.3 Å². The molecule has 23 heavy (non-hydrogen) atoms. The van der Waals surface area contributed by atoms with Crippen LogP contribution in [0.1, 0.15) is 5.56 Å². The molecular formula is C18H24N4O. The molecule has 1 unspecified atom stereocenters. The van der Waals surface area contributed by atoms with Crippen molar-refractivity contribution in [2.24, 2.45) is 0 Å². The fourth-order valence-electron chi connectivity index (χ4n) is 2.88. The minimum atomic E-state index is -0.600. The highest BCUT2D eigenvalue weighted by molar-refractivity contribution is 5.49. The number of nitrogens with zero attached hydrogens (tertiary/aromatic N) is 2. The molecule has 1 aliphatic heterocycles. The van der Waals surface area contributed by atoms with E-state index in [9.17, 15) is 0 Å². The number of rotatable bonds is 4. The predicted octanol–water partition coefficient (Wildman–Crippen LogP) is 2.34. The van der Waals surface area contributed by atoms with Gasteiger partial charge in [-0.3, -0.25) is 0 Å². The fraction of sp³-hybridized carbons (Fsp3) is 0.333. The average Bonchev–Trinajstić information content (AvgIpc) is 2.56. The molecule has 122 valence electrons. The molecule has 1 aliphatic rings. The van der Waals surface area contributed by atoms with Gasteiger partial charge in [-0.25, -0.2) is 10.0 Å². The zero-order chi connectivity index (χ0) is 16.3. The quantitative estimate of drug-likeness (QED) is 0.849. The van der Waals surface area contributed by atoms with Crippen molar-refractivity contribution in [1.29, 1.82) is 0 Å². The summed E-state index contributed by atoms with van der Waals surface area (Å²) < 4.78 is 6.26. The van der Waals surface area contributed by atoms with Crippen molar-refractivity contribution in [1.82, 2.24) is 10.0 Å². The molecular weight excluding hydrogens is 288 g/mol. The number of nitrogens with two attached hydrogens (primary N) is 1. The smallest absolute Gasteiger partial charge is 0.179 e. The van der Waals surface area contributed by atoms with Crippen LogP contribution in [0.5, 0.6) is 0 Å². The van der Waals surface area contributed by atoms with Crippen LogP contribution in [0, 0.1) is 0 Å². The predicted molar refractivity (Wildman–Crippen MR) is 93.8 cm³/mol. The summed E-state index contributed by atoms with van der Waals surface area (Å²) in [6, 6.07) is 18.1. The van der Waals surface area contributed by atoms with Gasteiger partial charge in [0.15, 0.2) is 5.72 Å². The first kappa shape index (κ1) is 15.8. The average molecular weight is 312 g/mol. The third-order valence-corrected chi connectivity index (χ3v) is 4.17. The highest BCUT2D eigenvalue weighted by Crippen LogP contribution is 2.32. The Kier molecular flexibility index (Phi) is 4.52. The summed E-state index contributed by atoms with van der Waals surface area (Å²) in [5, 5.41) is 7.97. The van der Waals surface area contributed by atoms with Crippen molar-refractivity contribution >= 4 is 11.4 Å². The molecule has 5 heteroatoms. The van der Waals surface area contributed by atoms with Crippen molar-refractivity contribution in [2.45, 2.75) is 5.72 Å². The van der Waals surface area contributed by atoms with Crippen LogP contribution in [0.2, 0.25) is 0 Å². The number of morpholine rings is 1. The van der Waals surface area contributed by atoms with E-state index in [0.717, 1.165) is 30.0 Å². The Labute approximate surface area is 137 Å². The lowest BCUT2D eigenvalue weighted by Gasteiger charge is -2.45. The second kappa shape index (κ2) is 6.58. The van der Waals surface area contributed by atoms with Gasteiger partial charge >= 0.3 is 0 Å². The third-order valence-electron chi connectivity index (χ3n) is 4.17. The zero-order valence-electron chi connectivity index (χ0n) is 13.7. The van der Waals surface area contributed by atoms with Crippen molar-refractivity contribution in [3.05, 3.63) is 60.2 Å². The van der Waals surface area contributed by atoms with Gasteiger partial charge in [0.2, 0.25) is 0 Å². The minimum absolute atomic E-state index is 0.600. The molecule has 1 fully saturated rings. The monoisotopic (exact) mass is 312 g/mol. The van der Waals surface area contributed by atoms with E-state index < -0.39 is 5.72 Å². The molecule has 3 rings (SSSR count). The van der Waals surface area contributed by atoms with Crippen LogP contribution >= 0.6 is 0 Å². The van der Waals surface area contributed by atoms with E-state index in [2.05, 4.69) is 41.6 Å². The second-order valence-electron chi connectivity index (χ2n) is 6.02. The highest BCUT2D eigenvalue weighted by atomic mass is 16.5. The largest absolute Gasteiger partial charge is 0.399 e. The van der Waals surface area contributed by atoms with E-state index in [1.165, 1.54) is 0 Å². The molecule has 1 atom stereocenters. The fourth-order valence-corrected chi connectivity index (χ4v) is 2.88. The Morgan fingerprint density at radius 3 is 2.43 bits per heavy atom. The molecule has 3 N–H and O–H groups in total. The van der Waals surface area contributed by atoms with E-state index in [1.54, 1.807) is 0 Å². The van der Waals surface area contributed by atoms with E-state index in [0.29, 0.717) is 6.61 Å². The van der Waals surface area contributed by atoms with Gasteiger partial charge in [0.05, 0.1) is 13.2 Å². The SMILES string of the molecule is CN(C)N1CCOC(Nc2ccccc2)(c2ccc(N)cc2)C1. The standard InChI is InChI=1S/C18H24N4O/c1-21(2)22-12-13-23-18(14-22,15-8-10-16(19)11-9-15)20-17-6-4-3-5-7-17/h3-11,20H,12-14,19H2,1-2H3. The number of nitrogen functional groups attached to an aromatic ring is 1. The Morgan fingerprint density at radius 1 is 1.09 bits per heavy atom.